The molecule has 0 saturated heterocycles. The Bertz CT molecular complexity index is 821. The van der Waals surface area contributed by atoms with Crippen molar-refractivity contribution in [2.45, 2.75) is 13.8 Å². The molecule has 2 heteroatoms. The summed E-state index contributed by atoms with van der Waals surface area (Å²) in [6.45, 7) is 4.14. The smallest absolute Gasteiger partial charge is 0.125 e. The van der Waals surface area contributed by atoms with Crippen LogP contribution in [0.2, 0.25) is 0 Å². The summed E-state index contributed by atoms with van der Waals surface area (Å²) in [5.74, 6) is 0.930. The van der Waals surface area contributed by atoms with Gasteiger partial charge in [-0.25, -0.2) is 0 Å². The second kappa shape index (κ2) is 5.13. The van der Waals surface area contributed by atoms with Crippen LogP contribution in [-0.4, -0.2) is 7.11 Å². The monoisotopic (exact) mass is 277 g/mol. The Kier molecular flexibility index (Phi) is 3.30. The van der Waals surface area contributed by atoms with Crippen molar-refractivity contribution in [3.8, 4) is 16.9 Å². The molecule has 0 aliphatic rings. The lowest BCUT2D eigenvalue weighted by Gasteiger charge is -2.16. The molecule has 2 nitrogen and oxygen atoms in total. The minimum absolute atomic E-state index is 0.794. The topological polar surface area (TPSA) is 35.2 Å². The van der Waals surface area contributed by atoms with Gasteiger partial charge in [0.25, 0.3) is 0 Å². The van der Waals surface area contributed by atoms with E-state index in [1.807, 2.05) is 18.2 Å². The molecule has 0 unspecified atom stereocenters. The predicted octanol–water partition coefficient (Wildman–Crippen LogP) is 4.71. The molecule has 0 fully saturated rings. The first-order valence-electron chi connectivity index (χ1n) is 7.05. The van der Waals surface area contributed by atoms with Crippen LogP contribution in [0.3, 0.4) is 0 Å². The summed E-state index contributed by atoms with van der Waals surface area (Å²) in [5.41, 5.74) is 11.6. The second-order valence-electron chi connectivity index (χ2n) is 5.34. The molecule has 0 aliphatic heterocycles. The van der Waals surface area contributed by atoms with E-state index in [9.17, 15) is 0 Å². The summed E-state index contributed by atoms with van der Waals surface area (Å²) in [4.78, 5) is 0. The molecule has 3 rings (SSSR count). The maximum Gasteiger partial charge on any atom is 0.125 e. The summed E-state index contributed by atoms with van der Waals surface area (Å²) < 4.78 is 5.55. The minimum Gasteiger partial charge on any atom is -0.496 e. The van der Waals surface area contributed by atoms with Crippen LogP contribution in [0.5, 0.6) is 5.75 Å². The highest BCUT2D eigenvalue weighted by Crippen LogP contribution is 2.39. The van der Waals surface area contributed by atoms with E-state index in [-0.39, 0.29) is 0 Å². The first-order chi connectivity index (χ1) is 10.1. The van der Waals surface area contributed by atoms with Gasteiger partial charge in [-0.05, 0) is 47.4 Å². The van der Waals surface area contributed by atoms with Crippen molar-refractivity contribution in [2.24, 2.45) is 0 Å². The van der Waals surface area contributed by atoms with Crippen molar-refractivity contribution in [2.75, 3.05) is 12.8 Å². The number of benzene rings is 3. The fraction of sp³-hybridized carbons (Fsp3) is 0.158. The number of ether oxygens (including phenoxy) is 1. The zero-order valence-corrected chi connectivity index (χ0v) is 12.6. The van der Waals surface area contributed by atoms with E-state index >= 15 is 0 Å². The second-order valence-corrected chi connectivity index (χ2v) is 5.34. The lowest BCUT2D eigenvalue weighted by Crippen LogP contribution is -1.97. The third-order valence-electron chi connectivity index (χ3n) is 4.04. The maximum atomic E-state index is 6.28. The van der Waals surface area contributed by atoms with E-state index in [1.54, 1.807) is 7.11 Å². The zero-order valence-electron chi connectivity index (χ0n) is 12.6. The SMILES string of the molecule is COc1c(C)ccc(-c2c(N)ccc3ccccc23)c1C. The fourth-order valence-corrected chi connectivity index (χ4v) is 3.00. The van der Waals surface area contributed by atoms with Crippen molar-refractivity contribution in [3.63, 3.8) is 0 Å². The van der Waals surface area contributed by atoms with E-state index in [2.05, 4.69) is 44.2 Å². The van der Waals surface area contributed by atoms with Crippen LogP contribution in [0.15, 0.2) is 48.5 Å². The molecule has 0 spiro atoms. The van der Waals surface area contributed by atoms with Gasteiger partial charge in [-0.2, -0.15) is 0 Å². The Hall–Kier alpha value is -2.48. The van der Waals surface area contributed by atoms with Gasteiger partial charge in [0.1, 0.15) is 5.75 Å². The molecule has 0 heterocycles. The molecule has 0 atom stereocenters. The molecular formula is C19H19NO. The van der Waals surface area contributed by atoms with E-state index in [4.69, 9.17) is 10.5 Å². The number of fused-ring (bicyclic) bond motifs is 1. The maximum absolute atomic E-state index is 6.28. The van der Waals surface area contributed by atoms with Gasteiger partial charge in [0, 0.05) is 11.3 Å². The van der Waals surface area contributed by atoms with Gasteiger partial charge in [-0.15, -0.1) is 0 Å². The first-order valence-corrected chi connectivity index (χ1v) is 7.05. The van der Waals surface area contributed by atoms with Gasteiger partial charge >= 0.3 is 0 Å². The number of anilines is 1. The first kappa shape index (κ1) is 13.5. The van der Waals surface area contributed by atoms with Crippen LogP contribution >= 0.6 is 0 Å². The Morgan fingerprint density at radius 1 is 0.905 bits per heavy atom. The lowest BCUT2D eigenvalue weighted by atomic mass is 9.92. The van der Waals surface area contributed by atoms with E-state index in [0.29, 0.717) is 0 Å². The predicted molar refractivity (Wildman–Crippen MR) is 89.8 cm³/mol. The van der Waals surface area contributed by atoms with Crippen LogP contribution in [-0.2, 0) is 0 Å². The fourth-order valence-electron chi connectivity index (χ4n) is 3.00. The van der Waals surface area contributed by atoms with Gasteiger partial charge in [0.15, 0.2) is 0 Å². The van der Waals surface area contributed by atoms with Crippen LogP contribution < -0.4 is 10.5 Å². The molecule has 0 aromatic heterocycles. The number of aryl methyl sites for hydroxylation is 1. The zero-order chi connectivity index (χ0) is 15.0. The quantitative estimate of drug-likeness (QED) is 0.688. The third-order valence-corrected chi connectivity index (χ3v) is 4.04. The molecule has 3 aromatic carbocycles. The molecule has 0 bridgehead atoms. The van der Waals surface area contributed by atoms with Crippen molar-refractivity contribution < 1.29 is 4.74 Å². The Morgan fingerprint density at radius 3 is 2.43 bits per heavy atom. The number of hydrogen-bond donors (Lipinski definition) is 1. The molecule has 21 heavy (non-hydrogen) atoms. The van der Waals surface area contributed by atoms with Gasteiger partial charge < -0.3 is 10.5 Å². The number of hydrogen-bond acceptors (Lipinski definition) is 2. The molecule has 2 N–H and O–H groups in total. The Labute approximate surface area is 125 Å². The molecule has 0 amide bonds. The standard InChI is InChI=1S/C19H19NO/c1-12-8-10-15(13(2)19(12)21-3)18-16-7-5-4-6-14(16)9-11-17(18)20/h4-11H,20H2,1-3H3. The summed E-state index contributed by atoms with van der Waals surface area (Å²) in [6, 6.07) is 16.6. The number of methoxy groups -OCH3 is 1. The minimum atomic E-state index is 0.794. The van der Waals surface area contributed by atoms with E-state index in [0.717, 1.165) is 33.7 Å². The highest BCUT2D eigenvalue weighted by Gasteiger charge is 2.14. The van der Waals surface area contributed by atoms with Gasteiger partial charge in [-0.1, -0.05) is 42.5 Å². The average molecular weight is 277 g/mol. The molecule has 0 radical (unpaired) electrons. The number of rotatable bonds is 2. The summed E-state index contributed by atoms with van der Waals surface area (Å²) in [7, 11) is 1.71. The molecule has 3 aromatic rings. The molecular weight excluding hydrogens is 258 g/mol. The largest absolute Gasteiger partial charge is 0.496 e. The number of nitrogen functional groups attached to an aromatic ring is 1. The summed E-state index contributed by atoms with van der Waals surface area (Å²) in [6.07, 6.45) is 0. The van der Waals surface area contributed by atoms with Crippen molar-refractivity contribution in [1.82, 2.24) is 0 Å². The van der Waals surface area contributed by atoms with Crippen LogP contribution in [0, 0.1) is 13.8 Å². The normalized spacial score (nSPS) is 10.8. The van der Waals surface area contributed by atoms with Gasteiger partial charge in [0.05, 0.1) is 7.11 Å². The Balaban J connectivity index is 2.38. The van der Waals surface area contributed by atoms with E-state index in [1.165, 1.54) is 10.8 Å². The highest BCUT2D eigenvalue weighted by molar-refractivity contribution is 6.03. The third kappa shape index (κ3) is 2.13. The molecule has 0 saturated carbocycles. The van der Waals surface area contributed by atoms with Crippen molar-refractivity contribution in [3.05, 3.63) is 59.7 Å². The summed E-state index contributed by atoms with van der Waals surface area (Å²) in [5, 5.41) is 2.37. The van der Waals surface area contributed by atoms with Crippen molar-refractivity contribution >= 4 is 16.5 Å². The lowest BCUT2D eigenvalue weighted by molar-refractivity contribution is 0.409. The average Bonchev–Trinajstić information content (AvgIpc) is 2.49. The van der Waals surface area contributed by atoms with Gasteiger partial charge in [-0.3, -0.25) is 0 Å². The Morgan fingerprint density at radius 2 is 1.67 bits per heavy atom. The summed E-state index contributed by atoms with van der Waals surface area (Å²) >= 11 is 0. The highest BCUT2D eigenvalue weighted by atomic mass is 16.5. The van der Waals surface area contributed by atoms with Gasteiger partial charge in [0.2, 0.25) is 0 Å². The molecule has 106 valence electrons. The van der Waals surface area contributed by atoms with Crippen LogP contribution in [0.25, 0.3) is 21.9 Å². The number of nitrogens with two attached hydrogens (primary N) is 1. The van der Waals surface area contributed by atoms with E-state index < -0.39 is 0 Å². The van der Waals surface area contributed by atoms with Crippen LogP contribution in [0.1, 0.15) is 11.1 Å². The van der Waals surface area contributed by atoms with Crippen LogP contribution in [0.4, 0.5) is 5.69 Å². The van der Waals surface area contributed by atoms with Crippen molar-refractivity contribution in [1.29, 1.82) is 0 Å². The molecule has 0 aliphatic carbocycles.